The van der Waals surface area contributed by atoms with Gasteiger partial charge in [0, 0.05) is 5.39 Å². The Labute approximate surface area is 195 Å². The average molecular weight is 477 g/mol. The molecule has 9 nitrogen and oxygen atoms in total. The van der Waals surface area contributed by atoms with E-state index in [1.54, 1.807) is 73.8 Å². The van der Waals surface area contributed by atoms with Gasteiger partial charge in [0.25, 0.3) is 5.56 Å². The minimum atomic E-state index is -3.59. The zero-order chi connectivity index (χ0) is 23.9. The number of benzene rings is 3. The number of hydrogen-bond donors (Lipinski definition) is 4. The standard InChI is InChI=1S/C24H20N4O5S/c1-33-16-12-10-15(11-13-16)14-25-28-19-8-4-2-6-17(19)22(29)21(24(28)30)23-26-18-7-3-5-9-20(18)34(31,32)27-23/h2-14,29,31-32H,1H3,(H,26,27). The summed E-state index contributed by atoms with van der Waals surface area (Å²) in [7, 11) is -2.01. The fraction of sp³-hybridized carbons (Fsp3) is 0.0417. The highest BCUT2D eigenvalue weighted by atomic mass is 32.3. The van der Waals surface area contributed by atoms with Crippen molar-refractivity contribution in [2.75, 3.05) is 12.4 Å². The number of fused-ring (bicyclic) bond motifs is 2. The van der Waals surface area contributed by atoms with Gasteiger partial charge in [-0.15, -0.1) is 4.40 Å². The summed E-state index contributed by atoms with van der Waals surface area (Å²) in [4.78, 5) is 13.7. The number of amidine groups is 1. The molecular formula is C24H20N4O5S. The Balaban J connectivity index is 1.69. The number of hydrogen-bond acceptors (Lipinski definition) is 8. The molecule has 172 valence electrons. The largest absolute Gasteiger partial charge is 0.506 e. The lowest BCUT2D eigenvalue weighted by Crippen LogP contribution is -2.31. The summed E-state index contributed by atoms with van der Waals surface area (Å²) in [6.45, 7) is 0. The fourth-order valence-electron chi connectivity index (χ4n) is 3.70. The van der Waals surface area contributed by atoms with Crippen molar-refractivity contribution in [3.05, 3.63) is 94.3 Å². The number of aromatic nitrogens is 1. The summed E-state index contributed by atoms with van der Waals surface area (Å²) in [5, 5.41) is 18.7. The van der Waals surface area contributed by atoms with E-state index >= 15 is 0 Å². The van der Waals surface area contributed by atoms with Crippen LogP contribution in [0.25, 0.3) is 10.9 Å². The van der Waals surface area contributed by atoms with E-state index in [9.17, 15) is 19.0 Å². The molecule has 0 saturated carbocycles. The van der Waals surface area contributed by atoms with Gasteiger partial charge in [-0.3, -0.25) is 13.9 Å². The summed E-state index contributed by atoms with van der Waals surface area (Å²) in [6, 6.07) is 20.4. The van der Waals surface area contributed by atoms with Crippen LogP contribution < -0.4 is 15.6 Å². The Morgan fingerprint density at radius 3 is 2.50 bits per heavy atom. The van der Waals surface area contributed by atoms with Crippen molar-refractivity contribution >= 4 is 39.4 Å². The SMILES string of the molecule is COc1ccc(C=Nn2c(=O)c(C3=NS(O)(O)c4ccccc4N3)c(O)c3ccccc32)cc1. The molecule has 0 fully saturated rings. The van der Waals surface area contributed by atoms with Gasteiger partial charge in [0.05, 0.1) is 24.5 Å². The Morgan fingerprint density at radius 1 is 1.03 bits per heavy atom. The normalized spacial score (nSPS) is 15.4. The Morgan fingerprint density at radius 2 is 1.74 bits per heavy atom. The predicted octanol–water partition coefficient (Wildman–Crippen LogP) is 4.49. The second-order valence-electron chi connectivity index (χ2n) is 7.46. The van der Waals surface area contributed by atoms with E-state index in [4.69, 9.17) is 4.74 Å². The van der Waals surface area contributed by atoms with E-state index in [1.165, 1.54) is 12.3 Å². The lowest BCUT2D eigenvalue weighted by molar-refractivity contribution is 0.415. The van der Waals surface area contributed by atoms with E-state index in [-0.39, 0.29) is 22.0 Å². The molecule has 5 rings (SSSR count). The van der Waals surface area contributed by atoms with E-state index in [1.807, 2.05) is 0 Å². The van der Waals surface area contributed by atoms with E-state index in [0.29, 0.717) is 22.3 Å². The van der Waals surface area contributed by atoms with E-state index in [0.717, 1.165) is 10.2 Å². The van der Waals surface area contributed by atoms with Crippen molar-refractivity contribution in [2.24, 2.45) is 9.50 Å². The molecule has 4 N–H and O–H groups in total. The molecule has 0 amide bonds. The van der Waals surface area contributed by atoms with Gasteiger partial charge < -0.3 is 15.2 Å². The number of nitrogens with one attached hydrogen (secondary N) is 1. The highest BCUT2D eigenvalue weighted by molar-refractivity contribution is 8.23. The zero-order valence-corrected chi connectivity index (χ0v) is 18.7. The number of aromatic hydroxyl groups is 1. The van der Waals surface area contributed by atoms with Crippen molar-refractivity contribution in [1.29, 1.82) is 0 Å². The molecule has 34 heavy (non-hydrogen) atoms. The molecule has 10 heteroatoms. The first-order chi connectivity index (χ1) is 16.4. The van der Waals surface area contributed by atoms with Gasteiger partial charge in [-0.25, -0.2) is 0 Å². The highest BCUT2D eigenvalue weighted by Crippen LogP contribution is 2.55. The smallest absolute Gasteiger partial charge is 0.286 e. The first-order valence-corrected chi connectivity index (χ1v) is 11.7. The molecular weight excluding hydrogens is 456 g/mol. The van der Waals surface area contributed by atoms with E-state index in [2.05, 4.69) is 14.8 Å². The topological polar surface area (TPSA) is 129 Å². The average Bonchev–Trinajstić information content (AvgIpc) is 2.84. The van der Waals surface area contributed by atoms with Crippen molar-refractivity contribution in [1.82, 2.24) is 4.68 Å². The molecule has 0 unspecified atom stereocenters. The van der Waals surface area contributed by atoms with Crippen LogP contribution in [0.5, 0.6) is 11.5 Å². The number of para-hydroxylation sites is 2. The molecule has 0 spiro atoms. The monoisotopic (exact) mass is 476 g/mol. The maximum atomic E-state index is 13.5. The Kier molecular flexibility index (Phi) is 5.33. The van der Waals surface area contributed by atoms with Gasteiger partial charge in [-0.1, -0.05) is 35.0 Å². The molecule has 0 saturated heterocycles. The van der Waals surface area contributed by atoms with Gasteiger partial charge in [0.15, 0.2) is 5.84 Å². The quantitative estimate of drug-likeness (QED) is 0.321. The highest BCUT2D eigenvalue weighted by Gasteiger charge is 2.30. The third kappa shape index (κ3) is 3.69. The van der Waals surface area contributed by atoms with Crippen LogP contribution in [0.15, 0.2) is 92.0 Å². The van der Waals surface area contributed by atoms with Crippen LogP contribution in [0.2, 0.25) is 0 Å². The molecule has 4 aromatic rings. The number of pyridine rings is 1. The van der Waals surface area contributed by atoms with Gasteiger partial charge >= 0.3 is 0 Å². The van der Waals surface area contributed by atoms with Crippen molar-refractivity contribution in [3.63, 3.8) is 0 Å². The number of rotatable bonds is 4. The number of methoxy groups -OCH3 is 1. The minimum absolute atomic E-state index is 0.152. The maximum absolute atomic E-state index is 13.5. The third-order valence-electron chi connectivity index (χ3n) is 5.36. The van der Waals surface area contributed by atoms with Crippen LogP contribution >= 0.6 is 10.8 Å². The summed E-state index contributed by atoms with van der Waals surface area (Å²) in [5.74, 6) is 0.199. The molecule has 0 atom stereocenters. The maximum Gasteiger partial charge on any atom is 0.286 e. The third-order valence-corrected chi connectivity index (χ3v) is 6.74. The first-order valence-electron chi connectivity index (χ1n) is 10.2. The first kappa shape index (κ1) is 21.7. The number of nitrogens with zero attached hydrogens (tertiary/aromatic N) is 3. The molecule has 0 radical (unpaired) electrons. The predicted molar refractivity (Wildman–Crippen MR) is 134 cm³/mol. The van der Waals surface area contributed by atoms with Crippen LogP contribution in [0, 0.1) is 0 Å². The van der Waals surface area contributed by atoms with Gasteiger partial charge in [0.1, 0.15) is 22.0 Å². The molecule has 0 bridgehead atoms. The second kappa shape index (κ2) is 8.34. The second-order valence-corrected chi connectivity index (χ2v) is 9.12. The summed E-state index contributed by atoms with van der Waals surface area (Å²) in [6.07, 6.45) is 1.51. The minimum Gasteiger partial charge on any atom is -0.506 e. The molecule has 1 aromatic heterocycles. The number of anilines is 1. The lowest BCUT2D eigenvalue weighted by atomic mass is 10.1. The lowest BCUT2D eigenvalue weighted by Gasteiger charge is -2.34. The summed E-state index contributed by atoms with van der Waals surface area (Å²) < 4.78 is 31.5. The molecule has 0 aliphatic carbocycles. The summed E-state index contributed by atoms with van der Waals surface area (Å²) >= 11 is 0. The van der Waals surface area contributed by atoms with Gasteiger partial charge in [-0.05, 0) is 54.1 Å². The van der Waals surface area contributed by atoms with Crippen LogP contribution in [0.4, 0.5) is 5.69 Å². The van der Waals surface area contributed by atoms with Gasteiger partial charge in [-0.2, -0.15) is 9.78 Å². The van der Waals surface area contributed by atoms with Crippen molar-refractivity contribution in [2.45, 2.75) is 4.90 Å². The van der Waals surface area contributed by atoms with Crippen molar-refractivity contribution in [3.8, 4) is 11.5 Å². The van der Waals surface area contributed by atoms with E-state index < -0.39 is 16.3 Å². The summed E-state index contributed by atoms with van der Waals surface area (Å²) in [5.41, 5.74) is 0.583. The van der Waals surface area contributed by atoms with Crippen LogP contribution in [-0.2, 0) is 0 Å². The van der Waals surface area contributed by atoms with Crippen LogP contribution in [0.3, 0.4) is 0 Å². The Hall–Kier alpha value is -4.12. The van der Waals surface area contributed by atoms with Gasteiger partial charge in [0.2, 0.25) is 0 Å². The molecule has 3 aromatic carbocycles. The molecule has 1 aliphatic heterocycles. The molecule has 1 aliphatic rings. The molecule has 2 heterocycles. The Bertz CT molecular complexity index is 1530. The fourth-order valence-corrected chi connectivity index (χ4v) is 4.86. The van der Waals surface area contributed by atoms with Crippen LogP contribution in [0.1, 0.15) is 11.1 Å². The van der Waals surface area contributed by atoms with Crippen molar-refractivity contribution < 1.29 is 18.9 Å². The number of ether oxygens (including phenoxy) is 1. The van der Waals surface area contributed by atoms with Crippen LogP contribution in [-0.4, -0.2) is 38.0 Å². The zero-order valence-electron chi connectivity index (χ0n) is 17.9.